The monoisotopic (exact) mass is 239 g/mol. The average Bonchev–Trinajstić information content (AvgIpc) is 2.83. The molecule has 1 aromatic rings. The van der Waals surface area contributed by atoms with Crippen LogP contribution in [0.4, 0.5) is 0 Å². The zero-order valence-corrected chi connectivity index (χ0v) is 10.3. The van der Waals surface area contributed by atoms with E-state index in [2.05, 4.69) is 29.6 Å². The zero-order chi connectivity index (χ0) is 10.3. The maximum absolute atomic E-state index is 5.45. The topological polar surface area (TPSA) is 21.3 Å². The molecule has 2 unspecified atom stereocenters. The van der Waals surface area contributed by atoms with Crippen molar-refractivity contribution in [1.82, 2.24) is 5.32 Å². The first-order valence-corrected chi connectivity index (χ1v) is 5.79. The highest BCUT2D eigenvalue weighted by atomic mass is 35.5. The van der Waals surface area contributed by atoms with E-state index in [-0.39, 0.29) is 12.4 Å². The van der Waals surface area contributed by atoms with E-state index < -0.39 is 0 Å². The molecule has 1 aromatic carbocycles. The summed E-state index contributed by atoms with van der Waals surface area (Å²) in [6.45, 7) is 5.12. The summed E-state index contributed by atoms with van der Waals surface area (Å²) in [6.07, 6.45) is 1.37. The maximum atomic E-state index is 5.45. The van der Waals surface area contributed by atoms with Crippen molar-refractivity contribution in [2.45, 2.75) is 18.8 Å². The highest BCUT2D eigenvalue weighted by molar-refractivity contribution is 5.85. The first kappa shape index (κ1) is 11.7. The smallest absolute Gasteiger partial charge is 0.119 e. The molecule has 2 nitrogen and oxygen atoms in total. The summed E-state index contributed by atoms with van der Waals surface area (Å²) < 4.78 is 5.45. The van der Waals surface area contributed by atoms with Gasteiger partial charge in [0.2, 0.25) is 0 Å². The lowest BCUT2D eigenvalue weighted by Gasteiger charge is -2.12. The van der Waals surface area contributed by atoms with Gasteiger partial charge in [-0.15, -0.1) is 12.4 Å². The third-order valence-corrected chi connectivity index (χ3v) is 3.80. The van der Waals surface area contributed by atoms with Gasteiger partial charge in [0.15, 0.2) is 0 Å². The fourth-order valence-corrected chi connectivity index (χ4v) is 2.84. The van der Waals surface area contributed by atoms with Crippen molar-refractivity contribution in [2.24, 2.45) is 5.92 Å². The van der Waals surface area contributed by atoms with Gasteiger partial charge in [-0.2, -0.15) is 0 Å². The fraction of sp³-hybridized carbons (Fsp3) is 0.538. The lowest BCUT2D eigenvalue weighted by atomic mass is 9.95. The minimum Gasteiger partial charge on any atom is -0.494 e. The van der Waals surface area contributed by atoms with E-state index in [0.717, 1.165) is 24.8 Å². The summed E-state index contributed by atoms with van der Waals surface area (Å²) in [5, 5.41) is 3.47. The van der Waals surface area contributed by atoms with Gasteiger partial charge >= 0.3 is 0 Å². The van der Waals surface area contributed by atoms with E-state index >= 15 is 0 Å². The number of piperidine rings is 1. The van der Waals surface area contributed by atoms with Gasteiger partial charge in [-0.3, -0.25) is 0 Å². The standard InChI is InChI=1S/C13H17NO.ClH/c1-2-15-12-5-3-10(4-6-12)13-7-11(13)8-14-9-13;/h3-6,11,14H,2,7-9H2,1H3;1H. The summed E-state index contributed by atoms with van der Waals surface area (Å²) in [5.74, 6) is 1.87. The Morgan fingerprint density at radius 2 is 2.12 bits per heavy atom. The largest absolute Gasteiger partial charge is 0.494 e. The lowest BCUT2D eigenvalue weighted by molar-refractivity contribution is 0.340. The Kier molecular flexibility index (Phi) is 3.13. The molecule has 16 heavy (non-hydrogen) atoms. The van der Waals surface area contributed by atoms with Gasteiger partial charge in [0.1, 0.15) is 5.75 Å². The zero-order valence-electron chi connectivity index (χ0n) is 9.53. The third-order valence-electron chi connectivity index (χ3n) is 3.80. The summed E-state index contributed by atoms with van der Waals surface area (Å²) in [4.78, 5) is 0. The minimum atomic E-state index is 0. The van der Waals surface area contributed by atoms with Crippen LogP contribution >= 0.6 is 12.4 Å². The van der Waals surface area contributed by atoms with Crippen LogP contribution in [0.25, 0.3) is 0 Å². The van der Waals surface area contributed by atoms with Crippen molar-refractivity contribution in [3.63, 3.8) is 0 Å². The van der Waals surface area contributed by atoms with Crippen LogP contribution in [-0.4, -0.2) is 19.7 Å². The van der Waals surface area contributed by atoms with Crippen LogP contribution < -0.4 is 10.1 Å². The fourth-order valence-electron chi connectivity index (χ4n) is 2.84. The SMILES string of the molecule is CCOc1ccc(C23CNCC2C3)cc1.Cl. The molecule has 1 aliphatic heterocycles. The molecular weight excluding hydrogens is 222 g/mol. The molecule has 0 spiro atoms. The van der Waals surface area contributed by atoms with E-state index in [1.807, 2.05) is 6.92 Å². The van der Waals surface area contributed by atoms with Crippen LogP contribution in [0.15, 0.2) is 24.3 Å². The van der Waals surface area contributed by atoms with Gasteiger partial charge in [-0.05, 0) is 43.5 Å². The molecule has 88 valence electrons. The number of hydrogen-bond donors (Lipinski definition) is 1. The van der Waals surface area contributed by atoms with Crippen molar-refractivity contribution in [3.8, 4) is 5.75 Å². The maximum Gasteiger partial charge on any atom is 0.119 e. The van der Waals surface area contributed by atoms with Crippen molar-refractivity contribution in [2.75, 3.05) is 19.7 Å². The first-order valence-electron chi connectivity index (χ1n) is 5.79. The highest BCUT2D eigenvalue weighted by Gasteiger charge is 2.57. The highest BCUT2D eigenvalue weighted by Crippen LogP contribution is 2.56. The van der Waals surface area contributed by atoms with Gasteiger partial charge in [0.25, 0.3) is 0 Å². The quantitative estimate of drug-likeness (QED) is 0.875. The number of benzene rings is 1. The molecule has 0 bridgehead atoms. The van der Waals surface area contributed by atoms with Gasteiger partial charge in [-0.1, -0.05) is 12.1 Å². The van der Waals surface area contributed by atoms with Gasteiger partial charge in [0, 0.05) is 12.0 Å². The second kappa shape index (κ2) is 4.27. The molecule has 0 amide bonds. The molecule has 1 heterocycles. The summed E-state index contributed by atoms with van der Waals surface area (Å²) in [7, 11) is 0. The molecule has 1 saturated heterocycles. The Bertz CT molecular complexity index is 365. The molecule has 0 radical (unpaired) electrons. The van der Waals surface area contributed by atoms with Crippen LogP contribution in [0.2, 0.25) is 0 Å². The molecule has 0 aromatic heterocycles. The van der Waals surface area contributed by atoms with Crippen molar-refractivity contribution in [1.29, 1.82) is 0 Å². The number of hydrogen-bond acceptors (Lipinski definition) is 2. The Morgan fingerprint density at radius 1 is 1.38 bits per heavy atom. The molecule has 3 heteroatoms. The van der Waals surface area contributed by atoms with Crippen LogP contribution in [0.1, 0.15) is 18.9 Å². The normalized spacial score (nSPS) is 30.4. The molecule has 2 aliphatic rings. The van der Waals surface area contributed by atoms with Crippen LogP contribution in [0, 0.1) is 5.92 Å². The Morgan fingerprint density at radius 3 is 2.62 bits per heavy atom. The average molecular weight is 240 g/mol. The molecule has 2 atom stereocenters. The second-order valence-corrected chi connectivity index (χ2v) is 4.65. The van der Waals surface area contributed by atoms with Crippen molar-refractivity contribution < 1.29 is 4.74 Å². The second-order valence-electron chi connectivity index (χ2n) is 4.65. The van der Waals surface area contributed by atoms with Crippen LogP contribution in [0.5, 0.6) is 5.75 Å². The number of halogens is 1. The number of ether oxygens (including phenoxy) is 1. The Labute approximate surface area is 103 Å². The third kappa shape index (κ3) is 1.70. The molecular formula is C13H18ClNO. The van der Waals surface area contributed by atoms with E-state index in [1.54, 1.807) is 0 Å². The van der Waals surface area contributed by atoms with Crippen molar-refractivity contribution >= 4 is 12.4 Å². The molecule has 1 aliphatic carbocycles. The van der Waals surface area contributed by atoms with E-state index in [4.69, 9.17) is 4.74 Å². The molecule has 3 rings (SSSR count). The first-order chi connectivity index (χ1) is 7.35. The molecule has 2 fully saturated rings. The molecule has 1 N–H and O–H groups in total. The number of rotatable bonds is 3. The Balaban J connectivity index is 0.000000963. The number of nitrogens with one attached hydrogen (secondary N) is 1. The van der Waals surface area contributed by atoms with E-state index in [0.29, 0.717) is 5.41 Å². The lowest BCUT2D eigenvalue weighted by Crippen LogP contribution is -2.19. The van der Waals surface area contributed by atoms with E-state index in [9.17, 15) is 0 Å². The van der Waals surface area contributed by atoms with Gasteiger partial charge in [-0.25, -0.2) is 0 Å². The predicted molar refractivity (Wildman–Crippen MR) is 67.5 cm³/mol. The number of fused-ring (bicyclic) bond motifs is 1. The van der Waals surface area contributed by atoms with Crippen molar-refractivity contribution in [3.05, 3.63) is 29.8 Å². The van der Waals surface area contributed by atoms with Crippen LogP contribution in [0.3, 0.4) is 0 Å². The van der Waals surface area contributed by atoms with E-state index in [1.165, 1.54) is 18.5 Å². The molecule has 1 saturated carbocycles. The van der Waals surface area contributed by atoms with Gasteiger partial charge in [0.05, 0.1) is 6.61 Å². The van der Waals surface area contributed by atoms with Gasteiger partial charge < -0.3 is 10.1 Å². The minimum absolute atomic E-state index is 0. The van der Waals surface area contributed by atoms with Crippen LogP contribution in [-0.2, 0) is 5.41 Å². The predicted octanol–water partition coefficient (Wildman–Crippen LogP) is 2.37. The Hall–Kier alpha value is -0.730. The summed E-state index contributed by atoms with van der Waals surface area (Å²) in [5.41, 5.74) is 1.96. The summed E-state index contributed by atoms with van der Waals surface area (Å²) >= 11 is 0. The summed E-state index contributed by atoms with van der Waals surface area (Å²) in [6, 6.07) is 8.67.